The molecule has 1 amide bonds. The van der Waals surface area contributed by atoms with Crippen molar-refractivity contribution >= 4 is 38.9 Å². The lowest BCUT2D eigenvalue weighted by atomic mass is 10.3. The maximum absolute atomic E-state index is 12.4. The molecule has 0 fully saturated rings. The number of thiophene rings is 1. The molecule has 1 unspecified atom stereocenters. The second-order valence-electron chi connectivity index (χ2n) is 5.50. The predicted octanol–water partition coefficient (Wildman–Crippen LogP) is 3.33. The van der Waals surface area contributed by atoms with Crippen molar-refractivity contribution in [1.82, 2.24) is 0 Å². The van der Waals surface area contributed by atoms with E-state index in [1.807, 2.05) is 42.5 Å². The summed E-state index contributed by atoms with van der Waals surface area (Å²) >= 11 is 5.12. The third-order valence-electron chi connectivity index (χ3n) is 3.53. The number of benzene rings is 1. The molecule has 0 radical (unpaired) electrons. The van der Waals surface area contributed by atoms with Crippen LogP contribution in [0.1, 0.15) is 10.6 Å². The molecule has 2 heterocycles. The van der Waals surface area contributed by atoms with Gasteiger partial charge >= 0.3 is 0 Å². The van der Waals surface area contributed by atoms with Gasteiger partial charge in [0.1, 0.15) is 13.1 Å². The molecule has 1 atom stereocenters. The number of carbonyl (C=O) groups is 1. The summed E-state index contributed by atoms with van der Waals surface area (Å²) in [5, 5.41) is 5.01. The highest BCUT2D eigenvalue weighted by molar-refractivity contribution is 9.10. The van der Waals surface area contributed by atoms with Crippen LogP contribution >= 0.6 is 27.3 Å². The van der Waals surface area contributed by atoms with Gasteiger partial charge < -0.3 is 14.6 Å². The van der Waals surface area contributed by atoms with E-state index in [0.29, 0.717) is 13.1 Å². The summed E-state index contributed by atoms with van der Waals surface area (Å²) in [5.74, 6) is 0.878. The summed E-state index contributed by atoms with van der Waals surface area (Å²) in [4.78, 5) is 14.8. The normalized spacial score (nSPS) is 12.0. The maximum Gasteiger partial charge on any atom is 0.279 e. The predicted molar refractivity (Wildman–Crippen MR) is 99.0 cm³/mol. The highest BCUT2D eigenvalue weighted by Crippen LogP contribution is 2.15. The number of carbonyl (C=O) groups excluding carboxylic acids is 1. The van der Waals surface area contributed by atoms with Gasteiger partial charge in [-0.2, -0.15) is 0 Å². The molecular weight excluding hydrogens is 388 g/mol. The van der Waals surface area contributed by atoms with Gasteiger partial charge in [0.05, 0.1) is 11.1 Å². The Kier molecular flexibility index (Phi) is 5.85. The molecule has 3 rings (SSSR count). The van der Waals surface area contributed by atoms with Crippen LogP contribution in [0.2, 0.25) is 0 Å². The number of quaternary nitrogens is 1. The Bertz CT molecular complexity index is 736. The molecule has 0 aliphatic heterocycles. The van der Waals surface area contributed by atoms with Gasteiger partial charge in [-0.15, -0.1) is 11.3 Å². The van der Waals surface area contributed by atoms with Crippen molar-refractivity contribution in [2.45, 2.75) is 13.1 Å². The molecule has 2 aromatic heterocycles. The first-order chi connectivity index (χ1) is 11.7. The topological polar surface area (TPSA) is 46.7 Å². The molecule has 0 spiro atoms. The minimum absolute atomic E-state index is 0.00814. The van der Waals surface area contributed by atoms with Crippen LogP contribution in [0.5, 0.6) is 0 Å². The van der Waals surface area contributed by atoms with Crippen LogP contribution in [0.3, 0.4) is 0 Å². The lowest BCUT2D eigenvalue weighted by molar-refractivity contribution is -0.920. The molecule has 124 valence electrons. The maximum atomic E-state index is 12.4. The Morgan fingerprint density at radius 2 is 2.08 bits per heavy atom. The van der Waals surface area contributed by atoms with Gasteiger partial charge in [0.15, 0.2) is 12.3 Å². The average molecular weight is 406 g/mol. The number of furan rings is 1. The van der Waals surface area contributed by atoms with Crippen molar-refractivity contribution in [3.05, 3.63) is 75.3 Å². The second kappa shape index (κ2) is 8.28. The molecule has 0 aliphatic carbocycles. The van der Waals surface area contributed by atoms with Gasteiger partial charge in [-0.3, -0.25) is 4.79 Å². The Balaban J connectivity index is 1.64. The third kappa shape index (κ3) is 5.06. The number of nitrogens with one attached hydrogen (secondary N) is 2. The summed E-state index contributed by atoms with van der Waals surface area (Å²) in [6.45, 7) is 1.85. The van der Waals surface area contributed by atoms with Crippen molar-refractivity contribution < 1.29 is 14.1 Å². The van der Waals surface area contributed by atoms with E-state index in [2.05, 4.69) is 32.7 Å². The van der Waals surface area contributed by atoms with Crippen molar-refractivity contribution in [3.63, 3.8) is 0 Å². The van der Waals surface area contributed by atoms with Crippen LogP contribution in [0.25, 0.3) is 0 Å². The van der Waals surface area contributed by atoms with E-state index in [1.165, 1.54) is 4.88 Å². The van der Waals surface area contributed by atoms with Crippen LogP contribution in [0, 0.1) is 0 Å². The van der Waals surface area contributed by atoms with E-state index in [1.54, 1.807) is 17.6 Å². The first kappa shape index (κ1) is 17.0. The Hall–Kier alpha value is -1.89. The van der Waals surface area contributed by atoms with E-state index in [4.69, 9.17) is 4.42 Å². The van der Waals surface area contributed by atoms with Gasteiger partial charge in [-0.05, 0) is 41.8 Å². The molecule has 3 aromatic rings. The van der Waals surface area contributed by atoms with Gasteiger partial charge in [0.2, 0.25) is 0 Å². The fourth-order valence-corrected chi connectivity index (χ4v) is 3.68. The quantitative estimate of drug-likeness (QED) is 0.633. The molecule has 1 aromatic carbocycles. The molecule has 0 saturated heterocycles. The van der Waals surface area contributed by atoms with E-state index >= 15 is 0 Å². The summed E-state index contributed by atoms with van der Waals surface area (Å²) in [6, 6.07) is 15.6. The van der Waals surface area contributed by atoms with Crippen LogP contribution < -0.4 is 10.2 Å². The van der Waals surface area contributed by atoms with E-state index in [9.17, 15) is 4.79 Å². The number of halogens is 1. The minimum atomic E-state index is -0.00814. The van der Waals surface area contributed by atoms with Gasteiger partial charge in [-0.1, -0.05) is 28.1 Å². The van der Waals surface area contributed by atoms with Gasteiger partial charge in [0, 0.05) is 10.2 Å². The third-order valence-corrected chi connectivity index (χ3v) is 4.90. The fraction of sp³-hybridized carbons (Fsp3) is 0.167. The highest BCUT2D eigenvalue weighted by Gasteiger charge is 2.17. The van der Waals surface area contributed by atoms with Crippen molar-refractivity contribution in [1.29, 1.82) is 0 Å². The van der Waals surface area contributed by atoms with Gasteiger partial charge in [0.25, 0.3) is 5.91 Å². The molecule has 0 saturated carbocycles. The number of hydrogen-bond donors (Lipinski definition) is 2. The van der Waals surface area contributed by atoms with E-state index in [-0.39, 0.29) is 5.91 Å². The van der Waals surface area contributed by atoms with Crippen molar-refractivity contribution in [2.75, 3.05) is 11.9 Å². The lowest BCUT2D eigenvalue weighted by Crippen LogP contribution is -3.10. The number of anilines is 1. The molecular formula is C18H18BrN2O2S+. The molecule has 4 nitrogen and oxygen atoms in total. The van der Waals surface area contributed by atoms with Crippen LogP contribution in [0.15, 0.2) is 69.1 Å². The van der Waals surface area contributed by atoms with Crippen LogP contribution in [-0.2, 0) is 17.9 Å². The zero-order valence-electron chi connectivity index (χ0n) is 13.0. The van der Waals surface area contributed by atoms with Gasteiger partial charge in [-0.25, -0.2) is 0 Å². The monoisotopic (exact) mass is 405 g/mol. The summed E-state index contributed by atoms with van der Waals surface area (Å²) in [7, 11) is 0. The minimum Gasteiger partial charge on any atom is -0.463 e. The van der Waals surface area contributed by atoms with Crippen molar-refractivity contribution in [3.8, 4) is 0 Å². The molecule has 0 aliphatic rings. The van der Waals surface area contributed by atoms with Crippen LogP contribution in [0.4, 0.5) is 5.69 Å². The standard InChI is InChI=1S/C18H17BrN2O2S/c19-14-4-1-5-15(10-14)20-18(22)13-21(11-16-6-2-8-23-16)12-17-7-3-9-24-17/h1-10H,11-13H2,(H,20,22)/p+1. The first-order valence-electron chi connectivity index (χ1n) is 7.63. The largest absolute Gasteiger partial charge is 0.463 e. The molecule has 6 heteroatoms. The smallest absolute Gasteiger partial charge is 0.279 e. The summed E-state index contributed by atoms with van der Waals surface area (Å²) in [6.07, 6.45) is 1.67. The molecule has 0 bridgehead atoms. The lowest BCUT2D eigenvalue weighted by Gasteiger charge is -2.17. The zero-order valence-corrected chi connectivity index (χ0v) is 15.4. The molecule has 24 heavy (non-hydrogen) atoms. The zero-order chi connectivity index (χ0) is 16.8. The summed E-state index contributed by atoms with van der Waals surface area (Å²) in [5.41, 5.74) is 0.794. The van der Waals surface area contributed by atoms with Crippen molar-refractivity contribution in [2.24, 2.45) is 0 Å². The molecule has 2 N–H and O–H groups in total. The number of amides is 1. The Morgan fingerprint density at radius 1 is 1.17 bits per heavy atom. The number of rotatable bonds is 7. The fourth-order valence-electron chi connectivity index (χ4n) is 2.51. The first-order valence-corrected chi connectivity index (χ1v) is 9.30. The van der Waals surface area contributed by atoms with Crippen LogP contribution in [-0.4, -0.2) is 12.5 Å². The Labute approximate surface area is 153 Å². The average Bonchev–Trinajstić information content (AvgIpc) is 3.21. The summed E-state index contributed by atoms with van der Waals surface area (Å²) < 4.78 is 6.39. The van der Waals surface area contributed by atoms with E-state index in [0.717, 1.165) is 27.4 Å². The number of hydrogen-bond acceptors (Lipinski definition) is 3. The highest BCUT2D eigenvalue weighted by atomic mass is 79.9. The van der Waals surface area contributed by atoms with E-state index < -0.39 is 0 Å². The second-order valence-corrected chi connectivity index (χ2v) is 7.45. The Morgan fingerprint density at radius 3 is 2.79 bits per heavy atom. The SMILES string of the molecule is O=C(C[NH+](Cc1ccco1)Cc1cccs1)Nc1cccc(Br)c1.